The third-order valence-corrected chi connectivity index (χ3v) is 6.73. The number of hydrogen-bond donors (Lipinski definition) is 3. The van der Waals surface area contributed by atoms with Gasteiger partial charge in [-0.05, 0) is 41.2 Å². The van der Waals surface area contributed by atoms with Gasteiger partial charge in [0, 0.05) is 13.0 Å². The molecule has 0 unspecified atom stereocenters. The summed E-state index contributed by atoms with van der Waals surface area (Å²) in [6.45, 7) is 0.367. The molecule has 7 heteroatoms. The van der Waals surface area contributed by atoms with Crippen molar-refractivity contribution >= 4 is 41.2 Å². The van der Waals surface area contributed by atoms with E-state index < -0.39 is 23.3 Å². The van der Waals surface area contributed by atoms with E-state index in [1.807, 2.05) is 72.8 Å². The largest absolute Gasteiger partial charge is 0.480 e. The van der Waals surface area contributed by atoms with E-state index in [1.54, 1.807) is 0 Å². The van der Waals surface area contributed by atoms with Crippen molar-refractivity contribution in [3.8, 4) is 0 Å². The molecule has 0 spiro atoms. The molecule has 0 saturated carbocycles. The number of rotatable bonds is 8. The average Bonchev–Trinajstić information content (AvgIpc) is 3.34. The van der Waals surface area contributed by atoms with Crippen molar-refractivity contribution in [3.63, 3.8) is 0 Å². The smallest absolute Gasteiger partial charge is 0.326 e. The zero-order chi connectivity index (χ0) is 24.1. The number of benzene rings is 3. The third-order valence-electron chi connectivity index (χ3n) is 6.31. The quantitative estimate of drug-likeness (QED) is 0.435. The van der Waals surface area contributed by atoms with Crippen LogP contribution >= 0.6 is 12.6 Å². The number of hydrogen-bond acceptors (Lipinski definition) is 4. The number of nitrogens with zero attached hydrogens (tertiary/aromatic N) is 1. The number of carbonyl (C=O) groups excluding carboxylic acids is 2. The zero-order valence-corrected chi connectivity index (χ0v) is 19.7. The van der Waals surface area contributed by atoms with Gasteiger partial charge in [0.2, 0.25) is 11.8 Å². The number of likely N-dealkylation sites (tertiary alicyclic amines) is 1. The van der Waals surface area contributed by atoms with Gasteiger partial charge < -0.3 is 15.3 Å². The van der Waals surface area contributed by atoms with Crippen molar-refractivity contribution in [2.75, 3.05) is 6.54 Å². The number of nitrogens with one attached hydrogen (secondary N) is 1. The van der Waals surface area contributed by atoms with Gasteiger partial charge in [0.15, 0.2) is 0 Å². The Labute approximate surface area is 204 Å². The molecule has 34 heavy (non-hydrogen) atoms. The van der Waals surface area contributed by atoms with Gasteiger partial charge in [0.25, 0.3) is 0 Å². The molecule has 1 saturated heterocycles. The van der Waals surface area contributed by atoms with Crippen LogP contribution in [0.1, 0.15) is 24.0 Å². The van der Waals surface area contributed by atoms with Crippen molar-refractivity contribution in [1.29, 1.82) is 0 Å². The number of aliphatic carboxylic acids is 1. The highest BCUT2D eigenvalue weighted by Gasteiger charge is 2.38. The summed E-state index contributed by atoms with van der Waals surface area (Å²) in [5, 5.41) is 13.9. The summed E-state index contributed by atoms with van der Waals surface area (Å²) < 4.78 is 0. The predicted octanol–water partition coefficient (Wildman–Crippen LogP) is 3.48. The Kier molecular flexibility index (Phi) is 7.53. The molecule has 2 amide bonds. The van der Waals surface area contributed by atoms with Crippen LogP contribution in [0, 0.1) is 0 Å². The Bertz CT molecular complexity index is 1180. The SMILES string of the molecule is O=C(N[C@@H](Cc1cccc2ccccc12)C(=O)N1CCC[C@H]1C(=O)O)[C@H](S)Cc1ccccc1. The van der Waals surface area contributed by atoms with Crippen LogP contribution in [-0.4, -0.2) is 51.7 Å². The van der Waals surface area contributed by atoms with Crippen LogP contribution in [0.4, 0.5) is 0 Å². The van der Waals surface area contributed by atoms with Crippen molar-refractivity contribution in [2.45, 2.75) is 43.0 Å². The monoisotopic (exact) mass is 476 g/mol. The Balaban J connectivity index is 1.58. The molecule has 0 aliphatic carbocycles. The molecular formula is C27H28N2O4S. The maximum Gasteiger partial charge on any atom is 0.326 e. The lowest BCUT2D eigenvalue weighted by Crippen LogP contribution is -2.54. The number of carboxylic acid groups (broad SMARTS) is 1. The number of thiol groups is 1. The fourth-order valence-corrected chi connectivity index (χ4v) is 4.86. The first-order valence-corrected chi connectivity index (χ1v) is 12.0. The van der Waals surface area contributed by atoms with Gasteiger partial charge in [-0.2, -0.15) is 12.6 Å². The van der Waals surface area contributed by atoms with Crippen LogP contribution in [0.25, 0.3) is 10.8 Å². The molecule has 0 radical (unpaired) electrons. The highest BCUT2D eigenvalue weighted by molar-refractivity contribution is 7.81. The Morgan fingerprint density at radius 2 is 1.68 bits per heavy atom. The second kappa shape index (κ2) is 10.7. The standard InChI is InChI=1S/C27H28N2O4S/c30-25(24(34)16-18-8-2-1-3-9-18)28-22(26(31)29-15-7-14-23(29)27(32)33)17-20-12-6-11-19-10-4-5-13-21(19)20/h1-6,8-13,22-24,34H,7,14-17H2,(H,28,30)(H,32,33)/t22-,23-,24+/m0/s1. The molecule has 0 aromatic heterocycles. The summed E-state index contributed by atoms with van der Waals surface area (Å²) in [4.78, 5) is 39.7. The van der Waals surface area contributed by atoms with E-state index in [0.717, 1.165) is 21.9 Å². The average molecular weight is 477 g/mol. The van der Waals surface area contributed by atoms with Crippen molar-refractivity contribution < 1.29 is 19.5 Å². The Morgan fingerprint density at radius 3 is 2.44 bits per heavy atom. The van der Waals surface area contributed by atoms with E-state index in [1.165, 1.54) is 4.90 Å². The molecule has 3 aromatic rings. The van der Waals surface area contributed by atoms with Gasteiger partial charge in [0.1, 0.15) is 12.1 Å². The molecule has 1 fully saturated rings. The summed E-state index contributed by atoms with van der Waals surface area (Å²) >= 11 is 4.49. The molecule has 0 bridgehead atoms. The van der Waals surface area contributed by atoms with Gasteiger partial charge in [0.05, 0.1) is 5.25 Å². The first kappa shape index (κ1) is 23.8. The molecule has 3 aromatic carbocycles. The summed E-state index contributed by atoms with van der Waals surface area (Å²) in [5.74, 6) is -1.74. The van der Waals surface area contributed by atoms with Crippen LogP contribution in [0.5, 0.6) is 0 Å². The minimum absolute atomic E-state index is 0.264. The van der Waals surface area contributed by atoms with E-state index in [-0.39, 0.29) is 18.2 Å². The first-order chi connectivity index (χ1) is 16.4. The van der Waals surface area contributed by atoms with Gasteiger partial charge >= 0.3 is 5.97 Å². The van der Waals surface area contributed by atoms with Crippen LogP contribution < -0.4 is 5.32 Å². The van der Waals surface area contributed by atoms with E-state index in [9.17, 15) is 19.5 Å². The number of amides is 2. The second-order valence-corrected chi connectivity index (χ2v) is 9.26. The molecular weight excluding hydrogens is 448 g/mol. The molecule has 1 aliphatic rings. The van der Waals surface area contributed by atoms with E-state index >= 15 is 0 Å². The predicted molar refractivity (Wildman–Crippen MR) is 135 cm³/mol. The third kappa shape index (κ3) is 5.42. The van der Waals surface area contributed by atoms with Crippen LogP contribution in [0.3, 0.4) is 0 Å². The summed E-state index contributed by atoms with van der Waals surface area (Å²) in [6.07, 6.45) is 1.73. The highest BCUT2D eigenvalue weighted by atomic mass is 32.1. The van der Waals surface area contributed by atoms with Gasteiger partial charge in [-0.25, -0.2) is 4.79 Å². The summed E-state index contributed by atoms with van der Waals surface area (Å²) in [5.41, 5.74) is 1.89. The normalized spacial score (nSPS) is 17.3. The maximum absolute atomic E-state index is 13.5. The van der Waals surface area contributed by atoms with Crippen LogP contribution in [0.15, 0.2) is 72.8 Å². The molecule has 3 atom stereocenters. The molecule has 6 nitrogen and oxygen atoms in total. The second-order valence-electron chi connectivity index (χ2n) is 8.64. The van der Waals surface area contributed by atoms with Crippen LogP contribution in [-0.2, 0) is 27.2 Å². The van der Waals surface area contributed by atoms with Crippen molar-refractivity contribution in [1.82, 2.24) is 10.2 Å². The van der Waals surface area contributed by atoms with Gasteiger partial charge in [-0.3, -0.25) is 9.59 Å². The molecule has 4 rings (SSSR count). The van der Waals surface area contributed by atoms with Crippen molar-refractivity contribution in [2.24, 2.45) is 0 Å². The lowest BCUT2D eigenvalue weighted by molar-refractivity contribution is -0.149. The van der Waals surface area contributed by atoms with E-state index in [2.05, 4.69) is 17.9 Å². The lowest BCUT2D eigenvalue weighted by atomic mass is 9.97. The van der Waals surface area contributed by atoms with Gasteiger partial charge in [-0.1, -0.05) is 72.8 Å². The Hall–Kier alpha value is -3.32. The van der Waals surface area contributed by atoms with Crippen LogP contribution in [0.2, 0.25) is 0 Å². The molecule has 2 N–H and O–H groups in total. The summed E-state index contributed by atoms with van der Waals surface area (Å²) in [7, 11) is 0. The first-order valence-electron chi connectivity index (χ1n) is 11.5. The topological polar surface area (TPSA) is 86.7 Å². The van der Waals surface area contributed by atoms with Gasteiger partial charge in [-0.15, -0.1) is 0 Å². The summed E-state index contributed by atoms with van der Waals surface area (Å²) in [6, 6.07) is 21.6. The number of carbonyl (C=O) groups is 3. The Morgan fingerprint density at radius 1 is 0.971 bits per heavy atom. The minimum Gasteiger partial charge on any atom is -0.480 e. The maximum atomic E-state index is 13.5. The zero-order valence-electron chi connectivity index (χ0n) is 18.8. The van der Waals surface area contributed by atoms with Crippen molar-refractivity contribution in [3.05, 3.63) is 83.9 Å². The van der Waals surface area contributed by atoms with E-state index in [4.69, 9.17) is 0 Å². The number of carboxylic acids is 1. The van der Waals surface area contributed by atoms with E-state index in [0.29, 0.717) is 25.8 Å². The molecule has 1 heterocycles. The highest BCUT2D eigenvalue weighted by Crippen LogP contribution is 2.23. The fourth-order valence-electron chi connectivity index (χ4n) is 4.58. The minimum atomic E-state index is -1.02. The number of fused-ring (bicyclic) bond motifs is 1. The fraction of sp³-hybridized carbons (Fsp3) is 0.296. The lowest BCUT2D eigenvalue weighted by Gasteiger charge is -2.28. The molecule has 176 valence electrons. The molecule has 1 aliphatic heterocycles.